The molecule has 2 nitrogen and oxygen atoms in total. The largest absolute Gasteiger partial charge is 0.310 e. The van der Waals surface area contributed by atoms with Gasteiger partial charge in [-0.2, -0.15) is 0 Å². The lowest BCUT2D eigenvalue weighted by atomic mass is 9.98. The van der Waals surface area contributed by atoms with Crippen molar-refractivity contribution in [3.05, 3.63) is 206 Å². The van der Waals surface area contributed by atoms with Gasteiger partial charge in [-0.15, -0.1) is 11.3 Å². The van der Waals surface area contributed by atoms with Crippen LogP contribution in [0.5, 0.6) is 0 Å². The van der Waals surface area contributed by atoms with E-state index in [9.17, 15) is 0 Å². The zero-order chi connectivity index (χ0) is 36.3. The van der Waals surface area contributed by atoms with Crippen molar-refractivity contribution in [3.8, 4) is 27.9 Å². The lowest BCUT2D eigenvalue weighted by Gasteiger charge is -2.28. The molecule has 0 unspecified atom stereocenters. The number of benzene rings is 9. The topological polar surface area (TPSA) is 8.17 Å². The van der Waals surface area contributed by atoms with Crippen molar-refractivity contribution < 1.29 is 0 Å². The molecule has 0 aliphatic rings. The number of fused-ring (bicyclic) bond motifs is 8. The fourth-order valence-corrected chi connectivity index (χ4v) is 9.81. The molecule has 0 spiro atoms. The third kappa shape index (κ3) is 5.16. The smallest absolute Gasteiger partial charge is 0.0727 e. The summed E-state index contributed by atoms with van der Waals surface area (Å²) in [5.74, 6) is 0. The zero-order valence-electron chi connectivity index (χ0n) is 29.9. The maximum absolute atomic E-state index is 2.44. The maximum Gasteiger partial charge on any atom is 0.0727 e. The quantitative estimate of drug-likeness (QED) is 0.155. The van der Waals surface area contributed by atoms with E-state index in [0.717, 1.165) is 17.1 Å². The zero-order valence-corrected chi connectivity index (χ0v) is 30.7. The third-order valence-electron chi connectivity index (χ3n) is 11.0. The van der Waals surface area contributed by atoms with Gasteiger partial charge in [0.2, 0.25) is 0 Å². The molecule has 0 bridgehead atoms. The predicted octanol–water partition coefficient (Wildman–Crippen LogP) is 15.1. The van der Waals surface area contributed by atoms with E-state index in [0.29, 0.717) is 0 Å². The standard InChI is InChI=1S/C52H34N2S/c1-3-15-35(16-4-1)36-29-31-40(32-30-36)53(49-34-38-17-7-8-22-42(38)44-23-9-10-24-45(44)49)41-21-13-18-37(33-41)43-26-14-27-47-50-52(55-51(43)47)46-25-11-12-28-48(46)54(50)39-19-5-2-6-20-39/h1-34H. The number of anilines is 3. The Bertz CT molecular complexity index is 3190. The van der Waals surface area contributed by atoms with Crippen molar-refractivity contribution in [1.82, 2.24) is 4.57 Å². The van der Waals surface area contributed by atoms with Crippen molar-refractivity contribution in [3.63, 3.8) is 0 Å². The molecule has 9 aromatic carbocycles. The highest BCUT2D eigenvalue weighted by Crippen LogP contribution is 2.47. The summed E-state index contributed by atoms with van der Waals surface area (Å²) in [5.41, 5.74) is 11.9. The predicted molar refractivity (Wildman–Crippen MR) is 237 cm³/mol. The molecule has 2 heterocycles. The highest BCUT2D eigenvalue weighted by Gasteiger charge is 2.21. The summed E-state index contributed by atoms with van der Waals surface area (Å²) in [7, 11) is 0. The number of para-hydroxylation sites is 2. The van der Waals surface area contributed by atoms with Crippen LogP contribution in [-0.2, 0) is 0 Å². The van der Waals surface area contributed by atoms with Gasteiger partial charge in [0.15, 0.2) is 0 Å². The Morgan fingerprint density at radius 1 is 0.382 bits per heavy atom. The molecule has 11 rings (SSSR count). The van der Waals surface area contributed by atoms with E-state index in [1.807, 2.05) is 11.3 Å². The monoisotopic (exact) mass is 718 g/mol. The lowest BCUT2D eigenvalue weighted by Crippen LogP contribution is -2.10. The first-order valence-corrected chi connectivity index (χ1v) is 19.6. The molecular weight excluding hydrogens is 685 g/mol. The molecule has 0 radical (unpaired) electrons. The Kier molecular flexibility index (Phi) is 7.39. The van der Waals surface area contributed by atoms with Gasteiger partial charge in [-0.3, -0.25) is 0 Å². The molecule has 0 atom stereocenters. The second-order valence-electron chi connectivity index (χ2n) is 14.1. The van der Waals surface area contributed by atoms with E-state index >= 15 is 0 Å². The molecule has 0 amide bonds. The number of thiophene rings is 1. The van der Waals surface area contributed by atoms with Crippen LogP contribution in [0.1, 0.15) is 0 Å². The number of nitrogens with zero attached hydrogens (tertiary/aromatic N) is 2. The van der Waals surface area contributed by atoms with Crippen molar-refractivity contribution in [2.24, 2.45) is 0 Å². The maximum atomic E-state index is 2.44. The van der Waals surface area contributed by atoms with Crippen molar-refractivity contribution in [2.45, 2.75) is 0 Å². The normalized spacial score (nSPS) is 11.6. The molecule has 0 aliphatic heterocycles. The number of hydrogen-bond donors (Lipinski definition) is 0. The molecule has 55 heavy (non-hydrogen) atoms. The Hall–Kier alpha value is -6.94. The highest BCUT2D eigenvalue weighted by atomic mass is 32.1. The van der Waals surface area contributed by atoms with Gasteiger partial charge in [-0.05, 0) is 86.9 Å². The molecule has 11 aromatic rings. The Morgan fingerprint density at radius 3 is 1.82 bits per heavy atom. The van der Waals surface area contributed by atoms with Crippen molar-refractivity contribution >= 4 is 81.1 Å². The minimum atomic E-state index is 1.11. The molecule has 0 N–H and O–H groups in total. The lowest BCUT2D eigenvalue weighted by molar-refractivity contribution is 1.19. The molecular formula is C52H34N2S. The van der Waals surface area contributed by atoms with Gasteiger partial charge in [0.05, 0.1) is 21.4 Å². The second kappa shape index (κ2) is 12.9. The third-order valence-corrected chi connectivity index (χ3v) is 12.2. The number of rotatable bonds is 6. The van der Waals surface area contributed by atoms with Crippen molar-refractivity contribution in [1.29, 1.82) is 0 Å². The molecule has 0 fully saturated rings. The van der Waals surface area contributed by atoms with Gasteiger partial charge >= 0.3 is 0 Å². The van der Waals surface area contributed by atoms with E-state index in [-0.39, 0.29) is 0 Å². The molecule has 0 saturated carbocycles. The number of hydrogen-bond acceptors (Lipinski definition) is 2. The minimum Gasteiger partial charge on any atom is -0.310 e. The van der Waals surface area contributed by atoms with Crippen LogP contribution in [0.3, 0.4) is 0 Å². The average molecular weight is 719 g/mol. The van der Waals surface area contributed by atoms with E-state index in [1.54, 1.807) is 0 Å². The number of aromatic nitrogens is 1. The van der Waals surface area contributed by atoms with Crippen LogP contribution in [0.25, 0.3) is 80.7 Å². The molecule has 258 valence electrons. The van der Waals surface area contributed by atoms with E-state index in [1.165, 1.54) is 80.7 Å². The molecule has 3 heteroatoms. The van der Waals surface area contributed by atoms with Crippen LogP contribution in [0, 0.1) is 0 Å². The van der Waals surface area contributed by atoms with E-state index in [2.05, 4.69) is 216 Å². The van der Waals surface area contributed by atoms with Gasteiger partial charge in [0.1, 0.15) is 0 Å². The summed E-state index contributed by atoms with van der Waals surface area (Å²) < 4.78 is 5.06. The van der Waals surface area contributed by atoms with Crippen LogP contribution in [-0.4, -0.2) is 4.57 Å². The fraction of sp³-hybridized carbons (Fsp3) is 0. The highest BCUT2D eigenvalue weighted by molar-refractivity contribution is 7.27. The fourth-order valence-electron chi connectivity index (χ4n) is 8.46. The van der Waals surface area contributed by atoms with E-state index < -0.39 is 0 Å². The van der Waals surface area contributed by atoms with Crippen molar-refractivity contribution in [2.75, 3.05) is 4.90 Å². The Morgan fingerprint density at radius 2 is 1.00 bits per heavy atom. The molecule has 0 saturated heterocycles. The average Bonchev–Trinajstić information content (AvgIpc) is 3.80. The van der Waals surface area contributed by atoms with Crippen LogP contribution < -0.4 is 4.90 Å². The summed E-state index contributed by atoms with van der Waals surface area (Å²) in [4.78, 5) is 2.44. The summed E-state index contributed by atoms with van der Waals surface area (Å²) >= 11 is 1.90. The van der Waals surface area contributed by atoms with Crippen LogP contribution in [0.15, 0.2) is 206 Å². The van der Waals surface area contributed by atoms with E-state index in [4.69, 9.17) is 0 Å². The first-order chi connectivity index (χ1) is 27.3. The van der Waals surface area contributed by atoms with Gasteiger partial charge in [0.25, 0.3) is 0 Å². The Balaban J connectivity index is 1.13. The summed E-state index contributed by atoms with van der Waals surface area (Å²) in [6, 6.07) is 75.0. The summed E-state index contributed by atoms with van der Waals surface area (Å²) in [5, 5.41) is 7.51. The van der Waals surface area contributed by atoms with Crippen LogP contribution in [0.4, 0.5) is 17.1 Å². The summed E-state index contributed by atoms with van der Waals surface area (Å²) in [6.45, 7) is 0. The van der Waals surface area contributed by atoms with Crippen LogP contribution >= 0.6 is 11.3 Å². The SMILES string of the molecule is c1ccc(-c2ccc(N(c3cccc(-c4cccc5c4sc4c6ccccc6n(-c6ccccc6)c54)c3)c3cc4ccccc4c4ccccc34)cc2)cc1. The van der Waals surface area contributed by atoms with Gasteiger partial charge < -0.3 is 9.47 Å². The van der Waals surface area contributed by atoms with Gasteiger partial charge in [0, 0.05) is 37.9 Å². The first kappa shape index (κ1) is 31.6. The van der Waals surface area contributed by atoms with Gasteiger partial charge in [-0.1, -0.05) is 158 Å². The van der Waals surface area contributed by atoms with Gasteiger partial charge in [-0.25, -0.2) is 0 Å². The minimum absolute atomic E-state index is 1.11. The molecule has 2 aromatic heterocycles. The first-order valence-electron chi connectivity index (χ1n) is 18.8. The van der Waals surface area contributed by atoms with Crippen LogP contribution in [0.2, 0.25) is 0 Å². The summed E-state index contributed by atoms with van der Waals surface area (Å²) in [6.07, 6.45) is 0. The Labute approximate surface area is 323 Å². The second-order valence-corrected chi connectivity index (χ2v) is 15.1. The molecule has 0 aliphatic carbocycles.